The van der Waals surface area contributed by atoms with Crippen molar-refractivity contribution in [2.45, 2.75) is 20.8 Å². The first-order chi connectivity index (χ1) is 6.70. The third-order valence-electron chi connectivity index (χ3n) is 1.89. The normalized spacial score (nSPS) is 9.79. The van der Waals surface area contributed by atoms with Crippen LogP contribution in [0.4, 0.5) is 4.39 Å². The van der Waals surface area contributed by atoms with Gasteiger partial charge in [-0.15, -0.1) is 0 Å². The van der Waals surface area contributed by atoms with Crippen molar-refractivity contribution in [3.05, 3.63) is 24.0 Å². The van der Waals surface area contributed by atoms with Gasteiger partial charge < -0.3 is 4.57 Å². The van der Waals surface area contributed by atoms with Gasteiger partial charge in [-0.2, -0.15) is 0 Å². The van der Waals surface area contributed by atoms with Crippen molar-refractivity contribution < 1.29 is 4.39 Å². The van der Waals surface area contributed by atoms with Crippen LogP contribution < -0.4 is 0 Å². The highest BCUT2D eigenvalue weighted by molar-refractivity contribution is 5.78. The molecule has 0 unspecified atom stereocenters. The van der Waals surface area contributed by atoms with Crippen LogP contribution in [-0.2, 0) is 7.05 Å². The van der Waals surface area contributed by atoms with Crippen molar-refractivity contribution in [1.82, 2.24) is 14.5 Å². The first-order valence-corrected chi connectivity index (χ1v) is 4.62. The maximum Gasteiger partial charge on any atom is 0.167 e. The van der Waals surface area contributed by atoms with E-state index in [1.165, 1.54) is 12.5 Å². The molecule has 2 rings (SSSR count). The predicted molar refractivity (Wildman–Crippen MR) is 54.6 cm³/mol. The molecule has 14 heavy (non-hydrogen) atoms. The monoisotopic (exact) mass is 195 g/mol. The second-order valence-electron chi connectivity index (χ2n) is 2.74. The van der Waals surface area contributed by atoms with Gasteiger partial charge in [0.2, 0.25) is 0 Å². The van der Waals surface area contributed by atoms with Gasteiger partial charge in [-0.25, -0.2) is 14.4 Å². The minimum absolute atomic E-state index is 0.294. The molecule has 0 aromatic carbocycles. The number of rotatable bonds is 0. The van der Waals surface area contributed by atoms with Crippen LogP contribution in [0.5, 0.6) is 0 Å². The third-order valence-corrected chi connectivity index (χ3v) is 1.89. The van der Waals surface area contributed by atoms with Crippen LogP contribution >= 0.6 is 0 Å². The lowest BCUT2D eigenvalue weighted by Gasteiger charge is -1.96. The Balaban J connectivity index is 0.000000461. The lowest BCUT2D eigenvalue weighted by atomic mass is 10.3. The molecular formula is C10H14FN3. The summed E-state index contributed by atoms with van der Waals surface area (Å²) in [5.74, 6) is -0.294. The van der Waals surface area contributed by atoms with Crippen LogP contribution in [0, 0.1) is 12.7 Å². The summed E-state index contributed by atoms with van der Waals surface area (Å²) in [5.41, 5.74) is 1.95. The van der Waals surface area contributed by atoms with Crippen molar-refractivity contribution in [2.24, 2.45) is 7.05 Å². The zero-order valence-corrected chi connectivity index (χ0v) is 8.87. The van der Waals surface area contributed by atoms with Crippen LogP contribution in [0.2, 0.25) is 0 Å². The molecule has 0 aliphatic rings. The van der Waals surface area contributed by atoms with Crippen LogP contribution in [0.15, 0.2) is 12.5 Å². The van der Waals surface area contributed by atoms with Gasteiger partial charge in [0.25, 0.3) is 0 Å². The van der Waals surface area contributed by atoms with Gasteiger partial charge >= 0.3 is 0 Å². The van der Waals surface area contributed by atoms with Crippen molar-refractivity contribution in [3.8, 4) is 0 Å². The quantitative estimate of drug-likeness (QED) is 0.646. The number of aromatic nitrogens is 3. The number of aryl methyl sites for hydroxylation is 2. The summed E-state index contributed by atoms with van der Waals surface area (Å²) >= 11 is 0. The van der Waals surface area contributed by atoms with E-state index in [9.17, 15) is 4.39 Å². The minimum atomic E-state index is -0.294. The smallest absolute Gasteiger partial charge is 0.167 e. The van der Waals surface area contributed by atoms with E-state index < -0.39 is 0 Å². The highest BCUT2D eigenvalue weighted by atomic mass is 19.1. The Kier molecular flexibility index (Phi) is 3.17. The standard InChI is InChI=1S/C8H8FN3.C2H6/c1-5-8-7(11-4-10-5)6(9)3-12(8)2;1-2/h3-4H,1-2H3;1-2H3. The SMILES string of the molecule is CC.Cc1ncnc2c(F)cn(C)c12. The maximum atomic E-state index is 13.1. The first-order valence-electron chi connectivity index (χ1n) is 4.62. The molecule has 0 amide bonds. The molecular weight excluding hydrogens is 181 g/mol. The molecule has 3 nitrogen and oxygen atoms in total. The second kappa shape index (κ2) is 4.17. The van der Waals surface area contributed by atoms with Crippen LogP contribution in [0.1, 0.15) is 19.5 Å². The fourth-order valence-corrected chi connectivity index (χ4v) is 1.36. The molecule has 76 valence electrons. The van der Waals surface area contributed by atoms with Crippen molar-refractivity contribution in [3.63, 3.8) is 0 Å². The number of nitrogens with zero attached hydrogens (tertiary/aromatic N) is 3. The summed E-state index contributed by atoms with van der Waals surface area (Å²) < 4.78 is 14.8. The molecule has 4 heteroatoms. The van der Waals surface area contributed by atoms with Crippen LogP contribution in [-0.4, -0.2) is 14.5 Å². The highest BCUT2D eigenvalue weighted by Crippen LogP contribution is 2.17. The molecule has 0 atom stereocenters. The molecule has 2 aromatic heterocycles. The van der Waals surface area contributed by atoms with Crippen LogP contribution in [0.25, 0.3) is 11.0 Å². The Hall–Kier alpha value is -1.45. The van der Waals surface area contributed by atoms with Crippen molar-refractivity contribution in [2.75, 3.05) is 0 Å². The van der Waals surface area contributed by atoms with Gasteiger partial charge in [-0.05, 0) is 6.92 Å². The Bertz CT molecular complexity index is 434. The van der Waals surface area contributed by atoms with Crippen molar-refractivity contribution in [1.29, 1.82) is 0 Å². The van der Waals surface area contributed by atoms with Crippen LogP contribution in [0.3, 0.4) is 0 Å². The average Bonchev–Trinajstić information content (AvgIpc) is 2.47. The van der Waals surface area contributed by atoms with E-state index in [0.717, 1.165) is 11.2 Å². The molecule has 0 saturated heterocycles. The van der Waals surface area contributed by atoms with Gasteiger partial charge in [-0.3, -0.25) is 0 Å². The van der Waals surface area contributed by atoms with Gasteiger partial charge in [0, 0.05) is 13.2 Å². The molecule has 0 saturated carbocycles. The van der Waals surface area contributed by atoms with E-state index in [0.29, 0.717) is 5.52 Å². The molecule has 0 spiro atoms. The molecule has 0 N–H and O–H groups in total. The Morgan fingerprint density at radius 1 is 1.29 bits per heavy atom. The molecule has 0 radical (unpaired) electrons. The van der Waals surface area contributed by atoms with E-state index in [1.54, 1.807) is 11.6 Å². The summed E-state index contributed by atoms with van der Waals surface area (Å²) in [4.78, 5) is 7.84. The molecule has 0 aliphatic heterocycles. The largest absolute Gasteiger partial charge is 0.345 e. The lowest BCUT2D eigenvalue weighted by molar-refractivity contribution is 0.631. The van der Waals surface area contributed by atoms with E-state index >= 15 is 0 Å². The number of halogens is 1. The fraction of sp³-hybridized carbons (Fsp3) is 0.400. The average molecular weight is 195 g/mol. The summed E-state index contributed by atoms with van der Waals surface area (Å²) in [6.07, 6.45) is 2.78. The predicted octanol–water partition coefficient (Wildman–Crippen LogP) is 2.44. The third kappa shape index (κ3) is 1.60. The Morgan fingerprint density at radius 2 is 1.93 bits per heavy atom. The highest BCUT2D eigenvalue weighted by Gasteiger charge is 2.08. The zero-order valence-electron chi connectivity index (χ0n) is 8.87. The Labute approximate surface area is 82.6 Å². The van der Waals surface area contributed by atoms with E-state index in [2.05, 4.69) is 9.97 Å². The summed E-state index contributed by atoms with van der Waals surface area (Å²) in [7, 11) is 1.78. The lowest BCUT2D eigenvalue weighted by Crippen LogP contribution is -1.91. The van der Waals surface area contributed by atoms with E-state index in [-0.39, 0.29) is 5.82 Å². The van der Waals surface area contributed by atoms with E-state index in [1.807, 2.05) is 20.8 Å². The Morgan fingerprint density at radius 3 is 2.50 bits per heavy atom. The van der Waals surface area contributed by atoms with Gasteiger partial charge in [0.15, 0.2) is 5.82 Å². The number of hydrogen-bond acceptors (Lipinski definition) is 2. The molecule has 2 heterocycles. The summed E-state index contributed by atoms with van der Waals surface area (Å²) in [5, 5.41) is 0. The summed E-state index contributed by atoms with van der Waals surface area (Å²) in [6, 6.07) is 0. The second-order valence-corrected chi connectivity index (χ2v) is 2.74. The number of fused-ring (bicyclic) bond motifs is 1. The fourth-order valence-electron chi connectivity index (χ4n) is 1.36. The van der Waals surface area contributed by atoms with E-state index in [4.69, 9.17) is 0 Å². The minimum Gasteiger partial charge on any atom is -0.345 e. The van der Waals surface area contributed by atoms with Gasteiger partial charge in [-0.1, -0.05) is 13.8 Å². The molecule has 0 bridgehead atoms. The maximum absolute atomic E-state index is 13.1. The number of hydrogen-bond donors (Lipinski definition) is 0. The summed E-state index contributed by atoms with van der Waals surface area (Å²) in [6.45, 7) is 5.84. The molecule has 0 fully saturated rings. The van der Waals surface area contributed by atoms with Gasteiger partial charge in [0.05, 0.1) is 11.2 Å². The topological polar surface area (TPSA) is 30.7 Å². The zero-order chi connectivity index (χ0) is 10.7. The molecule has 0 aliphatic carbocycles. The first kappa shape index (κ1) is 10.6. The van der Waals surface area contributed by atoms with Gasteiger partial charge in [0.1, 0.15) is 11.8 Å². The van der Waals surface area contributed by atoms with Crippen molar-refractivity contribution >= 4 is 11.0 Å². The molecule has 2 aromatic rings.